The number of piperidine rings is 1. The Kier molecular flexibility index (Phi) is 8.20. The normalized spacial score (nSPS) is 16.6. The average Bonchev–Trinajstić information content (AvgIpc) is 2.77. The van der Waals surface area contributed by atoms with Crippen molar-refractivity contribution in [1.82, 2.24) is 14.9 Å². The molecule has 2 N–H and O–H groups in total. The van der Waals surface area contributed by atoms with Crippen LogP contribution in [0.1, 0.15) is 48.2 Å². The van der Waals surface area contributed by atoms with Crippen molar-refractivity contribution >= 4 is 21.8 Å². The molecule has 2 amide bonds. The van der Waals surface area contributed by atoms with Crippen molar-refractivity contribution in [1.29, 1.82) is 0 Å². The first-order valence-electron chi connectivity index (χ1n) is 11.0. The van der Waals surface area contributed by atoms with E-state index in [0.29, 0.717) is 37.2 Å². The van der Waals surface area contributed by atoms with Crippen molar-refractivity contribution in [2.24, 2.45) is 5.92 Å². The van der Waals surface area contributed by atoms with Crippen molar-refractivity contribution in [3.05, 3.63) is 71.0 Å². The lowest BCUT2D eigenvalue weighted by Crippen LogP contribution is -2.45. The zero-order valence-corrected chi connectivity index (χ0v) is 19.7. The lowest BCUT2D eigenvalue weighted by molar-refractivity contribution is -0.126. The van der Waals surface area contributed by atoms with Crippen molar-refractivity contribution in [3.8, 4) is 0 Å². The molecule has 1 saturated heterocycles. The van der Waals surface area contributed by atoms with Gasteiger partial charge in [-0.1, -0.05) is 24.3 Å². The molecule has 33 heavy (non-hydrogen) atoms. The lowest BCUT2D eigenvalue weighted by atomic mass is 9.96. The van der Waals surface area contributed by atoms with Gasteiger partial charge in [-0.15, -0.1) is 0 Å². The first-order valence-corrected chi connectivity index (χ1v) is 12.7. The standard InChI is InChI=1S/C24H30FN3O4S/c1-17(2)27-33(31,32)16-19-7-5-18(6-8-19)14-26-23(29)21-4-3-13-28(15-21)24(30)20-9-11-22(25)12-10-20/h5-12,17,21,27H,3-4,13-16H2,1-2H3,(H,26,29)/t21-/m0/s1. The number of hydrogen-bond acceptors (Lipinski definition) is 4. The Balaban J connectivity index is 1.51. The van der Waals surface area contributed by atoms with E-state index >= 15 is 0 Å². The fraction of sp³-hybridized carbons (Fsp3) is 0.417. The summed E-state index contributed by atoms with van der Waals surface area (Å²) in [5.41, 5.74) is 1.93. The Morgan fingerprint density at radius 2 is 1.70 bits per heavy atom. The highest BCUT2D eigenvalue weighted by Crippen LogP contribution is 2.19. The van der Waals surface area contributed by atoms with Crippen LogP contribution in [0.15, 0.2) is 48.5 Å². The number of carbonyl (C=O) groups excluding carboxylic acids is 2. The van der Waals surface area contributed by atoms with E-state index in [1.54, 1.807) is 43.0 Å². The summed E-state index contributed by atoms with van der Waals surface area (Å²) in [4.78, 5) is 27.0. The van der Waals surface area contributed by atoms with Crippen LogP contribution in [-0.2, 0) is 27.1 Å². The number of nitrogens with one attached hydrogen (secondary N) is 2. The Morgan fingerprint density at radius 1 is 1.06 bits per heavy atom. The molecule has 7 nitrogen and oxygen atoms in total. The summed E-state index contributed by atoms with van der Waals surface area (Å²) in [7, 11) is -3.39. The third-order valence-electron chi connectivity index (χ3n) is 5.43. The quantitative estimate of drug-likeness (QED) is 0.614. The maximum atomic E-state index is 13.1. The van der Waals surface area contributed by atoms with Gasteiger partial charge in [0.1, 0.15) is 5.82 Å². The van der Waals surface area contributed by atoms with Crippen molar-refractivity contribution in [2.75, 3.05) is 13.1 Å². The minimum absolute atomic E-state index is 0.0994. The van der Waals surface area contributed by atoms with Crippen LogP contribution < -0.4 is 10.0 Å². The molecule has 1 heterocycles. The van der Waals surface area contributed by atoms with Crippen LogP contribution in [0.3, 0.4) is 0 Å². The number of carbonyl (C=O) groups is 2. The SMILES string of the molecule is CC(C)NS(=O)(=O)Cc1ccc(CNC(=O)[C@H]2CCCN(C(=O)c3ccc(F)cc3)C2)cc1. The molecule has 2 aromatic carbocycles. The Bertz CT molecular complexity index is 1070. The highest BCUT2D eigenvalue weighted by molar-refractivity contribution is 7.88. The maximum absolute atomic E-state index is 13.1. The molecular formula is C24H30FN3O4S. The number of likely N-dealkylation sites (tertiary alicyclic amines) is 1. The van der Waals surface area contributed by atoms with Crippen LogP contribution in [0.25, 0.3) is 0 Å². The van der Waals surface area contributed by atoms with Crippen LogP contribution in [0.4, 0.5) is 4.39 Å². The van der Waals surface area contributed by atoms with Crippen molar-refractivity contribution < 1.29 is 22.4 Å². The fourth-order valence-electron chi connectivity index (χ4n) is 3.86. The van der Waals surface area contributed by atoms with Crippen LogP contribution in [-0.4, -0.2) is 44.3 Å². The molecule has 0 radical (unpaired) electrons. The maximum Gasteiger partial charge on any atom is 0.253 e. The highest BCUT2D eigenvalue weighted by atomic mass is 32.2. The van der Waals surface area contributed by atoms with Gasteiger partial charge in [-0.25, -0.2) is 17.5 Å². The number of sulfonamides is 1. The number of amides is 2. The van der Waals surface area contributed by atoms with Crippen LogP contribution >= 0.6 is 0 Å². The van der Waals surface area contributed by atoms with Crippen LogP contribution in [0.5, 0.6) is 0 Å². The van der Waals surface area contributed by atoms with E-state index in [-0.39, 0.29) is 29.5 Å². The Morgan fingerprint density at radius 3 is 2.33 bits per heavy atom. The molecule has 178 valence electrons. The highest BCUT2D eigenvalue weighted by Gasteiger charge is 2.28. The fourth-order valence-corrected chi connectivity index (χ4v) is 5.29. The van der Waals surface area contributed by atoms with E-state index in [1.165, 1.54) is 24.3 Å². The second kappa shape index (κ2) is 10.9. The van der Waals surface area contributed by atoms with Gasteiger partial charge in [-0.3, -0.25) is 9.59 Å². The number of hydrogen-bond donors (Lipinski definition) is 2. The topological polar surface area (TPSA) is 95.6 Å². The molecule has 1 atom stereocenters. The smallest absolute Gasteiger partial charge is 0.253 e. The Hall–Kier alpha value is -2.78. The molecule has 0 spiro atoms. The van der Waals surface area contributed by atoms with Gasteiger partial charge in [0.15, 0.2) is 0 Å². The van der Waals surface area contributed by atoms with Crippen molar-refractivity contribution in [3.63, 3.8) is 0 Å². The van der Waals surface area contributed by atoms with E-state index in [4.69, 9.17) is 0 Å². The summed E-state index contributed by atoms with van der Waals surface area (Å²) in [5.74, 6) is -1.14. The van der Waals surface area contributed by atoms with Gasteiger partial charge in [-0.2, -0.15) is 0 Å². The summed E-state index contributed by atoms with van der Waals surface area (Å²) in [5, 5.41) is 2.91. The molecule has 0 unspecified atom stereocenters. The van der Waals surface area contributed by atoms with Gasteiger partial charge in [0.2, 0.25) is 15.9 Å². The largest absolute Gasteiger partial charge is 0.352 e. The third kappa shape index (κ3) is 7.36. The number of rotatable bonds is 8. The van der Waals surface area contributed by atoms with Gasteiger partial charge < -0.3 is 10.2 Å². The van der Waals surface area contributed by atoms with Gasteiger partial charge in [0.25, 0.3) is 5.91 Å². The zero-order valence-electron chi connectivity index (χ0n) is 18.9. The molecule has 1 aliphatic rings. The Labute approximate surface area is 194 Å². The second-order valence-corrected chi connectivity index (χ2v) is 10.4. The molecule has 9 heteroatoms. The minimum atomic E-state index is -3.39. The van der Waals surface area contributed by atoms with E-state index in [1.807, 2.05) is 0 Å². The molecule has 2 aromatic rings. The third-order valence-corrected chi connectivity index (χ3v) is 6.98. The number of halogens is 1. The van der Waals surface area contributed by atoms with Crippen LogP contribution in [0, 0.1) is 11.7 Å². The number of nitrogens with zero attached hydrogens (tertiary/aromatic N) is 1. The summed E-state index contributed by atoms with van der Waals surface area (Å²) < 4.78 is 39.8. The molecule has 0 aromatic heterocycles. The summed E-state index contributed by atoms with van der Waals surface area (Å²) in [6.07, 6.45) is 1.41. The molecule has 3 rings (SSSR count). The van der Waals surface area contributed by atoms with Crippen LogP contribution in [0.2, 0.25) is 0 Å². The van der Waals surface area contributed by atoms with Gasteiger partial charge in [0, 0.05) is 31.2 Å². The molecule has 1 fully saturated rings. The van der Waals surface area contributed by atoms with E-state index < -0.39 is 15.8 Å². The van der Waals surface area contributed by atoms with E-state index in [9.17, 15) is 22.4 Å². The predicted octanol–water partition coefficient (Wildman–Crippen LogP) is 2.82. The van der Waals surface area contributed by atoms with Gasteiger partial charge in [-0.05, 0) is 62.1 Å². The molecular weight excluding hydrogens is 445 g/mol. The molecule has 0 bridgehead atoms. The van der Waals surface area contributed by atoms with E-state index in [2.05, 4.69) is 10.0 Å². The van der Waals surface area contributed by atoms with Crippen molar-refractivity contribution in [2.45, 2.75) is 45.0 Å². The monoisotopic (exact) mass is 475 g/mol. The number of benzene rings is 2. The first kappa shape index (κ1) is 24.9. The molecule has 0 saturated carbocycles. The summed E-state index contributed by atoms with van der Waals surface area (Å²) in [6.45, 7) is 4.75. The minimum Gasteiger partial charge on any atom is -0.352 e. The summed E-state index contributed by atoms with van der Waals surface area (Å²) in [6, 6.07) is 12.3. The van der Waals surface area contributed by atoms with Gasteiger partial charge >= 0.3 is 0 Å². The lowest BCUT2D eigenvalue weighted by Gasteiger charge is -2.32. The second-order valence-electron chi connectivity index (χ2n) is 8.66. The zero-order chi connectivity index (χ0) is 24.0. The summed E-state index contributed by atoms with van der Waals surface area (Å²) >= 11 is 0. The predicted molar refractivity (Wildman–Crippen MR) is 124 cm³/mol. The average molecular weight is 476 g/mol. The van der Waals surface area contributed by atoms with Gasteiger partial charge in [0.05, 0.1) is 11.7 Å². The van der Waals surface area contributed by atoms with E-state index in [0.717, 1.165) is 12.0 Å². The molecule has 0 aliphatic carbocycles. The first-order chi connectivity index (χ1) is 15.6. The molecule has 1 aliphatic heterocycles.